The van der Waals surface area contributed by atoms with Gasteiger partial charge >= 0.3 is 0 Å². The Hall–Kier alpha value is -1.65. The molecule has 3 N–H and O–H groups in total. The van der Waals surface area contributed by atoms with Crippen LogP contribution in [-0.4, -0.2) is 22.4 Å². The van der Waals surface area contributed by atoms with Gasteiger partial charge in [0.1, 0.15) is 11.5 Å². The number of amides is 1. The first kappa shape index (κ1) is 11.4. The molecule has 1 heterocycles. The number of hydrogen-bond acceptors (Lipinski definition) is 4. The van der Waals surface area contributed by atoms with E-state index in [-0.39, 0.29) is 5.69 Å². The van der Waals surface area contributed by atoms with Crippen LogP contribution in [0.25, 0.3) is 0 Å². The summed E-state index contributed by atoms with van der Waals surface area (Å²) in [5.41, 5.74) is 5.23. The molecule has 0 aliphatic heterocycles. The summed E-state index contributed by atoms with van der Waals surface area (Å²) in [5, 5.41) is 3.12. The zero-order valence-corrected chi connectivity index (χ0v) is 8.86. The Labute approximate surface area is 89.1 Å². The molecule has 0 spiro atoms. The molecule has 1 aromatic rings. The minimum atomic E-state index is -0.556. The topological polar surface area (TPSA) is 80.9 Å². The quantitative estimate of drug-likeness (QED) is 0.688. The maximum absolute atomic E-state index is 10.7. The van der Waals surface area contributed by atoms with Crippen LogP contribution >= 0.6 is 0 Å². The number of carbonyl (C=O) groups is 1. The summed E-state index contributed by atoms with van der Waals surface area (Å²) in [6.45, 7) is 3.03. The molecule has 0 radical (unpaired) electrons. The molecular formula is C10H16N4O. The van der Waals surface area contributed by atoms with Crippen molar-refractivity contribution in [1.82, 2.24) is 9.97 Å². The van der Waals surface area contributed by atoms with Crippen molar-refractivity contribution in [2.45, 2.75) is 26.2 Å². The highest BCUT2D eigenvalue weighted by Crippen LogP contribution is 2.01. The molecule has 0 fully saturated rings. The molecule has 1 aromatic heterocycles. The fraction of sp³-hybridized carbons (Fsp3) is 0.500. The van der Waals surface area contributed by atoms with Gasteiger partial charge in [-0.05, 0) is 6.42 Å². The average Bonchev–Trinajstić information content (AvgIpc) is 2.25. The van der Waals surface area contributed by atoms with Crippen molar-refractivity contribution in [2.24, 2.45) is 5.73 Å². The first-order valence-corrected chi connectivity index (χ1v) is 5.09. The van der Waals surface area contributed by atoms with Crippen molar-refractivity contribution < 1.29 is 4.79 Å². The molecule has 15 heavy (non-hydrogen) atoms. The molecule has 5 heteroatoms. The largest absolute Gasteiger partial charge is 0.369 e. The summed E-state index contributed by atoms with van der Waals surface area (Å²) in [7, 11) is 0. The van der Waals surface area contributed by atoms with E-state index in [2.05, 4.69) is 22.2 Å². The second-order valence-electron chi connectivity index (χ2n) is 3.29. The van der Waals surface area contributed by atoms with Crippen molar-refractivity contribution in [1.29, 1.82) is 0 Å². The number of anilines is 1. The van der Waals surface area contributed by atoms with E-state index in [0.717, 1.165) is 13.0 Å². The van der Waals surface area contributed by atoms with E-state index in [0.29, 0.717) is 5.82 Å². The van der Waals surface area contributed by atoms with Gasteiger partial charge in [0.05, 0.1) is 12.4 Å². The molecule has 0 aliphatic rings. The van der Waals surface area contributed by atoms with E-state index in [1.54, 1.807) is 0 Å². The zero-order valence-electron chi connectivity index (χ0n) is 8.86. The Morgan fingerprint density at radius 2 is 2.20 bits per heavy atom. The van der Waals surface area contributed by atoms with E-state index in [1.807, 2.05) is 0 Å². The lowest BCUT2D eigenvalue weighted by Crippen LogP contribution is -2.14. The summed E-state index contributed by atoms with van der Waals surface area (Å²) in [6.07, 6.45) is 6.39. The van der Waals surface area contributed by atoms with Crippen LogP contribution in [0.2, 0.25) is 0 Å². The number of primary amides is 1. The van der Waals surface area contributed by atoms with E-state index in [1.165, 1.54) is 25.2 Å². The van der Waals surface area contributed by atoms with Crippen LogP contribution in [-0.2, 0) is 0 Å². The van der Waals surface area contributed by atoms with Crippen LogP contribution in [0.4, 0.5) is 5.82 Å². The van der Waals surface area contributed by atoms with Crippen LogP contribution < -0.4 is 11.1 Å². The molecule has 0 aromatic carbocycles. The molecule has 5 nitrogen and oxygen atoms in total. The molecule has 0 atom stereocenters. The second-order valence-corrected chi connectivity index (χ2v) is 3.29. The van der Waals surface area contributed by atoms with E-state index in [4.69, 9.17) is 5.73 Å². The second kappa shape index (κ2) is 5.95. The Balaban J connectivity index is 2.39. The Kier molecular flexibility index (Phi) is 4.53. The molecule has 0 aliphatic carbocycles. The van der Waals surface area contributed by atoms with E-state index < -0.39 is 5.91 Å². The lowest BCUT2D eigenvalue weighted by Gasteiger charge is -2.04. The molecule has 0 saturated heterocycles. The van der Waals surface area contributed by atoms with Crippen molar-refractivity contribution in [3.05, 3.63) is 18.1 Å². The van der Waals surface area contributed by atoms with Gasteiger partial charge in [-0.15, -0.1) is 0 Å². The fourth-order valence-electron chi connectivity index (χ4n) is 1.14. The van der Waals surface area contributed by atoms with Crippen molar-refractivity contribution in [3.8, 4) is 0 Å². The molecule has 0 unspecified atom stereocenters. The minimum Gasteiger partial charge on any atom is -0.369 e. The van der Waals surface area contributed by atoms with E-state index >= 15 is 0 Å². The van der Waals surface area contributed by atoms with Gasteiger partial charge in [-0.25, -0.2) is 9.97 Å². The summed E-state index contributed by atoms with van der Waals surface area (Å²) in [5.74, 6) is 0.121. The van der Waals surface area contributed by atoms with Gasteiger partial charge in [-0.1, -0.05) is 19.8 Å². The molecule has 82 valence electrons. The van der Waals surface area contributed by atoms with Crippen molar-refractivity contribution >= 4 is 11.7 Å². The molecule has 1 amide bonds. The number of nitrogens with zero attached hydrogens (tertiary/aromatic N) is 2. The highest BCUT2D eigenvalue weighted by molar-refractivity contribution is 5.90. The number of carbonyl (C=O) groups excluding carboxylic acids is 1. The van der Waals surface area contributed by atoms with Crippen molar-refractivity contribution in [2.75, 3.05) is 11.9 Å². The summed E-state index contributed by atoms with van der Waals surface area (Å²) < 4.78 is 0. The van der Waals surface area contributed by atoms with Gasteiger partial charge in [-0.3, -0.25) is 4.79 Å². The SMILES string of the molecule is CCCCCNc1cnc(C(N)=O)cn1. The number of unbranched alkanes of at least 4 members (excludes halogenated alkanes) is 2. The number of nitrogens with two attached hydrogens (primary N) is 1. The zero-order chi connectivity index (χ0) is 11.1. The highest BCUT2D eigenvalue weighted by atomic mass is 16.1. The minimum absolute atomic E-state index is 0.189. The van der Waals surface area contributed by atoms with Crippen LogP contribution in [0.15, 0.2) is 12.4 Å². The Morgan fingerprint density at radius 1 is 1.40 bits per heavy atom. The number of hydrogen-bond donors (Lipinski definition) is 2. The molecular weight excluding hydrogens is 192 g/mol. The summed E-state index contributed by atoms with van der Waals surface area (Å²) >= 11 is 0. The van der Waals surface area contributed by atoms with Crippen molar-refractivity contribution in [3.63, 3.8) is 0 Å². The molecule has 0 bridgehead atoms. The first-order valence-electron chi connectivity index (χ1n) is 5.09. The maximum atomic E-state index is 10.7. The number of rotatable bonds is 6. The Bertz CT molecular complexity index is 310. The third-order valence-electron chi connectivity index (χ3n) is 1.99. The molecule has 0 saturated carbocycles. The predicted molar refractivity (Wildman–Crippen MR) is 58.6 cm³/mol. The van der Waals surface area contributed by atoms with Crippen LogP contribution in [0.5, 0.6) is 0 Å². The van der Waals surface area contributed by atoms with Gasteiger partial charge in [-0.2, -0.15) is 0 Å². The fourth-order valence-corrected chi connectivity index (χ4v) is 1.14. The Morgan fingerprint density at radius 3 is 2.73 bits per heavy atom. The van der Waals surface area contributed by atoms with E-state index in [9.17, 15) is 4.79 Å². The van der Waals surface area contributed by atoms with Crippen LogP contribution in [0, 0.1) is 0 Å². The van der Waals surface area contributed by atoms with Crippen LogP contribution in [0.3, 0.4) is 0 Å². The van der Waals surface area contributed by atoms with Gasteiger partial charge in [0.2, 0.25) is 0 Å². The van der Waals surface area contributed by atoms with Crippen LogP contribution in [0.1, 0.15) is 36.7 Å². The van der Waals surface area contributed by atoms with Gasteiger partial charge in [0.25, 0.3) is 5.91 Å². The monoisotopic (exact) mass is 208 g/mol. The third kappa shape index (κ3) is 3.93. The third-order valence-corrected chi connectivity index (χ3v) is 1.99. The summed E-state index contributed by atoms with van der Waals surface area (Å²) in [6, 6.07) is 0. The van der Waals surface area contributed by atoms with Gasteiger partial charge < -0.3 is 11.1 Å². The number of nitrogens with one attached hydrogen (secondary N) is 1. The van der Waals surface area contributed by atoms with Gasteiger partial charge in [0.15, 0.2) is 0 Å². The lowest BCUT2D eigenvalue weighted by molar-refractivity contribution is 0.0995. The molecule has 1 rings (SSSR count). The predicted octanol–water partition coefficient (Wildman–Crippen LogP) is 1.18. The maximum Gasteiger partial charge on any atom is 0.268 e. The lowest BCUT2D eigenvalue weighted by atomic mass is 10.2. The number of aromatic nitrogens is 2. The summed E-state index contributed by atoms with van der Waals surface area (Å²) in [4.78, 5) is 18.6. The average molecular weight is 208 g/mol. The smallest absolute Gasteiger partial charge is 0.268 e. The van der Waals surface area contributed by atoms with Gasteiger partial charge in [0, 0.05) is 6.54 Å². The standard InChI is InChI=1S/C10H16N4O/c1-2-3-4-5-12-9-7-13-8(6-14-9)10(11)15/h6-7H,2-5H2,1H3,(H2,11,15)(H,12,14). The normalized spacial score (nSPS) is 9.93. The highest BCUT2D eigenvalue weighted by Gasteiger charge is 2.01. The first-order chi connectivity index (χ1) is 7.24.